The topological polar surface area (TPSA) is 20.3 Å². The molecule has 0 atom stereocenters. The van der Waals surface area contributed by atoms with Crippen molar-refractivity contribution in [2.24, 2.45) is 0 Å². The first-order valence-corrected chi connectivity index (χ1v) is 7.52. The van der Waals surface area contributed by atoms with Crippen LogP contribution in [0.15, 0.2) is 84.9 Å². The second kappa shape index (κ2) is 5.58. The fraction of sp³-hybridized carbons (Fsp3) is 0. The minimum absolute atomic E-state index is 0.842. The van der Waals surface area contributed by atoms with Gasteiger partial charge in [0.25, 0.3) is 0 Å². The molecule has 1 amide bonds. The zero-order valence-electron chi connectivity index (χ0n) is 12.4. The zero-order valence-corrected chi connectivity index (χ0v) is 12.4. The first-order valence-electron chi connectivity index (χ1n) is 7.52. The second-order valence-electron chi connectivity index (χ2n) is 5.42. The molecule has 1 radical (unpaired) electrons. The number of carbonyl (C=O) groups excluding carboxylic acids is 1. The van der Waals surface area contributed by atoms with E-state index < -0.39 is 0 Å². The van der Waals surface area contributed by atoms with Crippen molar-refractivity contribution in [3.8, 4) is 0 Å². The Bertz CT molecular complexity index is 917. The van der Waals surface area contributed by atoms with Gasteiger partial charge in [-0.2, -0.15) is 0 Å². The van der Waals surface area contributed by atoms with E-state index in [2.05, 4.69) is 6.41 Å². The number of hydrogen-bond donors (Lipinski definition) is 0. The molecule has 4 rings (SSSR count). The molecule has 0 heterocycles. The van der Waals surface area contributed by atoms with Crippen LogP contribution in [0.1, 0.15) is 0 Å². The van der Waals surface area contributed by atoms with E-state index in [1.54, 1.807) is 4.90 Å². The second-order valence-corrected chi connectivity index (χ2v) is 5.42. The van der Waals surface area contributed by atoms with Crippen molar-refractivity contribution in [3.05, 3.63) is 84.9 Å². The Balaban J connectivity index is 1.99. The SMILES string of the molecule is O=[C]N(c1cccc2ccccc12)c1cccc2ccccc12. The number of rotatable bonds is 3. The number of anilines is 2. The average molecular weight is 296 g/mol. The molecule has 4 aromatic rings. The van der Waals surface area contributed by atoms with Gasteiger partial charge in [-0.3, -0.25) is 9.69 Å². The number of fused-ring (bicyclic) bond motifs is 2. The molecule has 0 aliphatic carbocycles. The minimum Gasteiger partial charge on any atom is -0.272 e. The van der Waals surface area contributed by atoms with E-state index in [4.69, 9.17) is 0 Å². The third kappa shape index (κ3) is 2.25. The quantitative estimate of drug-likeness (QED) is 0.476. The summed E-state index contributed by atoms with van der Waals surface area (Å²) < 4.78 is 0. The Labute approximate surface area is 134 Å². The van der Waals surface area contributed by atoms with E-state index in [0.29, 0.717) is 0 Å². The van der Waals surface area contributed by atoms with Crippen molar-refractivity contribution in [2.75, 3.05) is 4.90 Å². The van der Waals surface area contributed by atoms with Gasteiger partial charge in [0, 0.05) is 10.8 Å². The molecule has 4 aromatic carbocycles. The van der Waals surface area contributed by atoms with Crippen LogP contribution in [-0.4, -0.2) is 6.41 Å². The Hall–Kier alpha value is -3.13. The summed E-state index contributed by atoms with van der Waals surface area (Å²) in [6.45, 7) is 0. The van der Waals surface area contributed by atoms with Crippen molar-refractivity contribution in [3.63, 3.8) is 0 Å². The highest BCUT2D eigenvalue weighted by atomic mass is 16.1. The Morgan fingerprint density at radius 2 is 1.00 bits per heavy atom. The van der Waals surface area contributed by atoms with E-state index in [1.165, 1.54) is 0 Å². The van der Waals surface area contributed by atoms with E-state index >= 15 is 0 Å². The predicted octanol–water partition coefficient (Wildman–Crippen LogP) is 5.20. The lowest BCUT2D eigenvalue weighted by Gasteiger charge is -2.20. The molecule has 0 saturated carbocycles. The molecule has 2 heteroatoms. The van der Waals surface area contributed by atoms with Crippen LogP contribution in [0.3, 0.4) is 0 Å². The first-order chi connectivity index (χ1) is 11.4. The molecule has 0 spiro atoms. The fourth-order valence-electron chi connectivity index (χ4n) is 3.03. The van der Waals surface area contributed by atoms with Crippen molar-refractivity contribution in [1.82, 2.24) is 0 Å². The standard InChI is InChI=1S/C21H14NO/c23-15-22(20-13-5-9-16-7-1-3-11-18(16)20)21-14-6-10-17-8-2-4-12-19(17)21/h1-14H. The van der Waals surface area contributed by atoms with Crippen molar-refractivity contribution in [2.45, 2.75) is 0 Å². The van der Waals surface area contributed by atoms with Crippen LogP contribution < -0.4 is 4.90 Å². The van der Waals surface area contributed by atoms with E-state index in [9.17, 15) is 4.79 Å². The maximum absolute atomic E-state index is 11.8. The van der Waals surface area contributed by atoms with Gasteiger partial charge in [-0.15, -0.1) is 0 Å². The fourth-order valence-corrected chi connectivity index (χ4v) is 3.03. The summed E-state index contributed by atoms with van der Waals surface area (Å²) in [5.41, 5.74) is 1.68. The molecule has 0 aliphatic heterocycles. The van der Waals surface area contributed by atoms with Crippen LogP contribution in [-0.2, 0) is 4.79 Å². The van der Waals surface area contributed by atoms with Crippen LogP contribution in [0, 0.1) is 0 Å². The largest absolute Gasteiger partial charge is 0.321 e. The van der Waals surface area contributed by atoms with Crippen molar-refractivity contribution >= 4 is 39.3 Å². The van der Waals surface area contributed by atoms with Gasteiger partial charge in [-0.1, -0.05) is 72.8 Å². The molecular formula is C21H14NO. The molecule has 0 bridgehead atoms. The summed E-state index contributed by atoms with van der Waals surface area (Å²) in [6, 6.07) is 28.0. The number of nitrogens with zero attached hydrogens (tertiary/aromatic N) is 1. The third-order valence-corrected chi connectivity index (χ3v) is 4.11. The normalized spacial score (nSPS) is 10.8. The molecule has 2 nitrogen and oxygen atoms in total. The van der Waals surface area contributed by atoms with E-state index in [-0.39, 0.29) is 0 Å². The maximum atomic E-state index is 11.8. The van der Waals surface area contributed by atoms with Crippen LogP contribution in [0.25, 0.3) is 21.5 Å². The Kier molecular flexibility index (Phi) is 3.28. The van der Waals surface area contributed by atoms with Crippen molar-refractivity contribution < 1.29 is 4.79 Å². The lowest BCUT2D eigenvalue weighted by molar-refractivity contribution is 0.556. The van der Waals surface area contributed by atoms with Gasteiger partial charge in [0.1, 0.15) is 0 Å². The van der Waals surface area contributed by atoms with Gasteiger partial charge < -0.3 is 0 Å². The molecule has 0 unspecified atom stereocenters. The minimum atomic E-state index is 0.842. The third-order valence-electron chi connectivity index (χ3n) is 4.11. The van der Waals surface area contributed by atoms with E-state index in [0.717, 1.165) is 32.9 Å². The Morgan fingerprint density at radius 3 is 1.48 bits per heavy atom. The number of benzene rings is 4. The molecule has 0 N–H and O–H groups in total. The number of hydrogen-bond acceptors (Lipinski definition) is 1. The summed E-state index contributed by atoms with van der Waals surface area (Å²) in [5, 5.41) is 4.27. The smallest absolute Gasteiger partial charge is 0.272 e. The molecule has 23 heavy (non-hydrogen) atoms. The van der Waals surface area contributed by atoms with E-state index in [1.807, 2.05) is 84.9 Å². The highest BCUT2D eigenvalue weighted by molar-refractivity contribution is 6.07. The average Bonchev–Trinajstić information content (AvgIpc) is 2.63. The highest BCUT2D eigenvalue weighted by Gasteiger charge is 2.14. The monoisotopic (exact) mass is 296 g/mol. The highest BCUT2D eigenvalue weighted by Crippen LogP contribution is 2.35. The van der Waals surface area contributed by atoms with Gasteiger partial charge in [-0.25, -0.2) is 0 Å². The van der Waals surface area contributed by atoms with Crippen LogP contribution >= 0.6 is 0 Å². The van der Waals surface area contributed by atoms with Gasteiger partial charge in [-0.05, 0) is 22.9 Å². The summed E-state index contributed by atoms with van der Waals surface area (Å²) in [5.74, 6) is 0. The lowest BCUT2D eigenvalue weighted by Crippen LogP contribution is -2.14. The van der Waals surface area contributed by atoms with Gasteiger partial charge in [0.05, 0.1) is 11.4 Å². The van der Waals surface area contributed by atoms with Crippen LogP contribution in [0.4, 0.5) is 11.4 Å². The molecule has 0 aliphatic rings. The summed E-state index contributed by atoms with van der Waals surface area (Å²) in [6.07, 6.45) is 2.10. The zero-order chi connectivity index (χ0) is 15.6. The predicted molar refractivity (Wildman–Crippen MR) is 95.7 cm³/mol. The molecule has 0 fully saturated rings. The summed E-state index contributed by atoms with van der Waals surface area (Å²) >= 11 is 0. The van der Waals surface area contributed by atoms with Crippen molar-refractivity contribution in [1.29, 1.82) is 0 Å². The summed E-state index contributed by atoms with van der Waals surface area (Å²) in [4.78, 5) is 13.4. The summed E-state index contributed by atoms with van der Waals surface area (Å²) in [7, 11) is 0. The van der Waals surface area contributed by atoms with Crippen LogP contribution in [0.5, 0.6) is 0 Å². The molecule has 0 saturated heterocycles. The molecule has 0 aromatic heterocycles. The Morgan fingerprint density at radius 1 is 0.565 bits per heavy atom. The molecular weight excluding hydrogens is 282 g/mol. The van der Waals surface area contributed by atoms with Gasteiger partial charge in [0.15, 0.2) is 0 Å². The molecule has 109 valence electrons. The van der Waals surface area contributed by atoms with Gasteiger partial charge in [0.2, 0.25) is 0 Å². The number of amides is 1. The van der Waals surface area contributed by atoms with Gasteiger partial charge >= 0.3 is 6.41 Å². The lowest BCUT2D eigenvalue weighted by atomic mass is 10.1. The van der Waals surface area contributed by atoms with Crippen LogP contribution in [0.2, 0.25) is 0 Å². The maximum Gasteiger partial charge on any atom is 0.321 e. The first kappa shape index (κ1) is 13.5.